The first-order valence-corrected chi connectivity index (χ1v) is 4.31. The van der Waals surface area contributed by atoms with Crippen LogP contribution in [0.2, 0.25) is 0 Å². The zero-order valence-electron chi connectivity index (χ0n) is 4.07. The van der Waals surface area contributed by atoms with Gasteiger partial charge < -0.3 is 0 Å². The molecule has 0 nitrogen and oxygen atoms in total. The summed E-state index contributed by atoms with van der Waals surface area (Å²) >= 11 is 0. The van der Waals surface area contributed by atoms with Crippen molar-refractivity contribution < 1.29 is 0 Å². The molecule has 0 fully saturated rings. The molecule has 36 valence electrons. The maximum absolute atomic E-state index is 3.38. The lowest BCUT2D eigenvalue weighted by Crippen LogP contribution is -1.65. The predicted molar refractivity (Wildman–Crippen MR) is 32.9 cm³/mol. The van der Waals surface area contributed by atoms with Crippen LogP contribution in [0.25, 0.3) is 0 Å². The minimum Gasteiger partial charge on any atom is -0.204 e. The Morgan fingerprint density at radius 3 is 2.67 bits per heavy atom. The van der Waals surface area contributed by atoms with Gasteiger partial charge >= 0.3 is 0 Å². The molecule has 1 rings (SSSR count). The van der Waals surface area contributed by atoms with Gasteiger partial charge in [-0.3, -0.25) is 0 Å². The predicted octanol–water partition coefficient (Wildman–Crippen LogP) is 1.37. The molecule has 0 bridgehead atoms. The summed E-state index contributed by atoms with van der Waals surface area (Å²) in [5.41, 5.74) is 0. The molecule has 1 aliphatic heterocycles. The summed E-state index contributed by atoms with van der Waals surface area (Å²) in [5, 5.41) is 3.38. The Hall–Kier alpha value is 0.130. The number of rotatable bonds is 0. The van der Waals surface area contributed by atoms with Gasteiger partial charge in [-0.25, -0.2) is 10.3 Å². The molecule has 0 aliphatic carbocycles. The molecule has 0 saturated carbocycles. The Morgan fingerprint density at radius 1 is 1.67 bits per heavy atom. The summed E-state index contributed by atoms with van der Waals surface area (Å²) in [6.07, 6.45) is 4.97. The molecule has 0 N–H and O–H groups in total. The van der Waals surface area contributed by atoms with Gasteiger partial charge in [0.2, 0.25) is 0 Å². The van der Waals surface area contributed by atoms with Gasteiger partial charge in [0.25, 0.3) is 0 Å². The first kappa shape index (κ1) is 4.29. The second kappa shape index (κ2) is 1.72. The van der Waals surface area contributed by atoms with Crippen LogP contribution in [-0.4, -0.2) is 12.0 Å². The third-order valence-electron chi connectivity index (χ3n) is 1.05. The monoisotopic (exact) mass is 102 g/mol. The number of hydrogen-bond donors (Lipinski definition) is 1. The fourth-order valence-corrected chi connectivity index (χ4v) is 2.00. The molecule has 1 aliphatic rings. The maximum atomic E-state index is 3.38. The third kappa shape index (κ3) is 0.796. The third-order valence-corrected chi connectivity index (χ3v) is 2.80. The van der Waals surface area contributed by atoms with Crippen molar-refractivity contribution in [2.45, 2.75) is 12.8 Å². The normalized spacial score (nSPS) is 31.8. The first-order valence-electron chi connectivity index (χ1n) is 2.34. The molecule has 0 radical (unpaired) electrons. The Kier molecular flexibility index (Phi) is 1.23. The standard InChI is InChI=1S/C5H10S/c1-6-4-2-3-5-6/h6H,2-4H2,1H3. The zero-order chi connectivity index (χ0) is 4.41. The van der Waals surface area contributed by atoms with Gasteiger partial charge in [-0.15, -0.1) is 5.18 Å². The van der Waals surface area contributed by atoms with Crippen LogP contribution in [0.4, 0.5) is 0 Å². The highest BCUT2D eigenvalue weighted by Crippen LogP contribution is 2.13. The summed E-state index contributed by atoms with van der Waals surface area (Å²) in [6.45, 7) is 0. The largest absolute Gasteiger partial charge is 0.204 e. The van der Waals surface area contributed by atoms with Crippen LogP contribution in [0.1, 0.15) is 12.8 Å². The highest BCUT2D eigenvalue weighted by molar-refractivity contribution is 8.06. The van der Waals surface area contributed by atoms with Crippen molar-refractivity contribution in [2.24, 2.45) is 0 Å². The van der Waals surface area contributed by atoms with E-state index in [4.69, 9.17) is 0 Å². The lowest BCUT2D eigenvalue weighted by Gasteiger charge is -1.81. The molecular formula is C5H10S. The van der Waals surface area contributed by atoms with Crippen molar-refractivity contribution >= 4 is 10.3 Å². The van der Waals surface area contributed by atoms with E-state index in [9.17, 15) is 0 Å². The highest BCUT2D eigenvalue weighted by atomic mass is 32.2. The van der Waals surface area contributed by atoms with Gasteiger partial charge in [-0.2, -0.15) is 0 Å². The van der Waals surface area contributed by atoms with Gasteiger partial charge in [-0.1, -0.05) is 0 Å². The van der Waals surface area contributed by atoms with Crippen molar-refractivity contribution in [2.75, 3.05) is 12.0 Å². The van der Waals surface area contributed by atoms with E-state index < -0.39 is 0 Å². The lowest BCUT2D eigenvalue weighted by molar-refractivity contribution is 1.02. The molecule has 0 saturated heterocycles. The quantitative estimate of drug-likeness (QED) is 0.439. The van der Waals surface area contributed by atoms with Crippen LogP contribution >= 0.6 is 10.3 Å². The summed E-state index contributed by atoms with van der Waals surface area (Å²) in [4.78, 5) is 0. The molecule has 1 atom stereocenters. The average Bonchev–Trinajstić information content (AvgIpc) is 1.86. The van der Waals surface area contributed by atoms with E-state index in [0.717, 1.165) is 0 Å². The Morgan fingerprint density at radius 2 is 2.50 bits per heavy atom. The van der Waals surface area contributed by atoms with E-state index in [0.29, 0.717) is 0 Å². The Bertz CT molecular complexity index is 113. The van der Waals surface area contributed by atoms with Crippen LogP contribution in [-0.2, 0) is 0 Å². The lowest BCUT2D eigenvalue weighted by atomic mass is 10.4. The van der Waals surface area contributed by atoms with E-state index in [2.05, 4.69) is 11.4 Å². The van der Waals surface area contributed by atoms with Crippen LogP contribution in [0, 0.1) is 5.18 Å². The van der Waals surface area contributed by atoms with E-state index in [1.165, 1.54) is 18.6 Å². The van der Waals surface area contributed by atoms with E-state index in [1.807, 2.05) is 0 Å². The van der Waals surface area contributed by atoms with Crippen molar-refractivity contribution in [1.29, 1.82) is 0 Å². The zero-order valence-corrected chi connectivity index (χ0v) is 4.96. The minimum absolute atomic E-state index is 0.285. The summed E-state index contributed by atoms with van der Waals surface area (Å²) in [6, 6.07) is 0. The molecule has 0 aromatic heterocycles. The first-order chi connectivity index (χ1) is 2.89. The molecular weight excluding hydrogens is 92.1 g/mol. The fraction of sp³-hybridized carbons (Fsp3) is 0.800. The fourth-order valence-electron chi connectivity index (χ4n) is 0.665. The second-order valence-electron chi connectivity index (χ2n) is 1.68. The van der Waals surface area contributed by atoms with E-state index in [-0.39, 0.29) is 10.3 Å². The molecule has 0 amide bonds. The van der Waals surface area contributed by atoms with Crippen LogP contribution in [0.3, 0.4) is 0 Å². The molecule has 1 heterocycles. The van der Waals surface area contributed by atoms with Gasteiger partial charge in [0.1, 0.15) is 0 Å². The smallest absolute Gasteiger partial charge is 0.00674 e. The van der Waals surface area contributed by atoms with E-state index >= 15 is 0 Å². The second-order valence-corrected chi connectivity index (χ2v) is 3.84. The number of thiol groups is 1. The van der Waals surface area contributed by atoms with Crippen molar-refractivity contribution in [1.82, 2.24) is 0 Å². The molecule has 0 aromatic rings. The molecule has 1 unspecified atom stereocenters. The Balaban J connectivity index is 2.56. The summed E-state index contributed by atoms with van der Waals surface area (Å²) in [5.74, 6) is 1.44. The molecule has 0 aromatic carbocycles. The van der Waals surface area contributed by atoms with Crippen LogP contribution in [0.15, 0.2) is 0 Å². The van der Waals surface area contributed by atoms with E-state index in [1.54, 1.807) is 0 Å². The minimum atomic E-state index is 0.285. The van der Waals surface area contributed by atoms with Crippen LogP contribution in [0.5, 0.6) is 0 Å². The van der Waals surface area contributed by atoms with Crippen molar-refractivity contribution in [3.05, 3.63) is 0 Å². The van der Waals surface area contributed by atoms with Gasteiger partial charge in [0, 0.05) is 6.42 Å². The summed E-state index contributed by atoms with van der Waals surface area (Å²) in [7, 11) is 0.285. The van der Waals surface area contributed by atoms with Gasteiger partial charge in [0.05, 0.1) is 0 Å². The highest BCUT2D eigenvalue weighted by Gasteiger charge is 1.89. The van der Waals surface area contributed by atoms with Gasteiger partial charge in [0.15, 0.2) is 0 Å². The SMILES string of the molecule is C[SH]1#CCCC1. The van der Waals surface area contributed by atoms with Crippen LogP contribution < -0.4 is 0 Å². The van der Waals surface area contributed by atoms with Crippen molar-refractivity contribution in [3.63, 3.8) is 0 Å². The Labute approximate surface area is 41.1 Å². The van der Waals surface area contributed by atoms with Crippen molar-refractivity contribution in [3.8, 4) is 5.18 Å². The molecule has 0 spiro atoms. The number of hydrogen-bond acceptors (Lipinski definition) is 0. The topological polar surface area (TPSA) is 0 Å². The maximum Gasteiger partial charge on any atom is 0.00674 e. The van der Waals surface area contributed by atoms with Gasteiger partial charge in [-0.05, 0) is 18.4 Å². The molecule has 1 heteroatoms. The average molecular weight is 102 g/mol. The summed E-state index contributed by atoms with van der Waals surface area (Å²) < 4.78 is 0. The molecule has 6 heavy (non-hydrogen) atoms.